The maximum Gasteiger partial charge on any atom is 0.228 e. The number of nitrogens with one attached hydrogen (secondary N) is 1. The Balaban J connectivity index is 2.03. The number of rotatable bonds is 3. The van der Waals surface area contributed by atoms with Gasteiger partial charge in [-0.2, -0.15) is 5.26 Å². The molecule has 0 atom stereocenters. The van der Waals surface area contributed by atoms with Crippen LogP contribution in [0.2, 0.25) is 0 Å². The number of hydrogen-bond acceptors (Lipinski definition) is 2. The Kier molecular flexibility index (Phi) is 4.49. The number of hydrogen-bond donors (Lipinski definition) is 1. The molecule has 0 fully saturated rings. The largest absolute Gasteiger partial charge is 0.325 e. The van der Waals surface area contributed by atoms with Crippen molar-refractivity contribution in [3.8, 4) is 6.07 Å². The van der Waals surface area contributed by atoms with E-state index in [1.54, 1.807) is 24.3 Å². The molecule has 0 unspecified atom stereocenters. The third-order valence-corrected chi connectivity index (χ3v) is 3.31. The molecule has 2 aromatic carbocycles. The monoisotopic (exact) mass is 332 g/mol. The van der Waals surface area contributed by atoms with Gasteiger partial charge in [-0.25, -0.2) is 4.39 Å². The molecule has 100 valence electrons. The van der Waals surface area contributed by atoms with Gasteiger partial charge in [0.1, 0.15) is 5.82 Å². The number of nitrogens with zero attached hydrogens (tertiary/aromatic N) is 1. The van der Waals surface area contributed by atoms with E-state index < -0.39 is 0 Å². The lowest BCUT2D eigenvalue weighted by Crippen LogP contribution is -2.14. The summed E-state index contributed by atoms with van der Waals surface area (Å²) in [5.41, 5.74) is 1.88. The van der Waals surface area contributed by atoms with E-state index in [-0.39, 0.29) is 18.1 Å². The molecule has 2 rings (SSSR count). The van der Waals surface area contributed by atoms with Crippen LogP contribution in [-0.4, -0.2) is 5.91 Å². The molecule has 5 heteroatoms. The summed E-state index contributed by atoms with van der Waals surface area (Å²) in [6.07, 6.45) is 0.190. The molecule has 0 aliphatic rings. The topological polar surface area (TPSA) is 52.9 Å². The molecule has 2 aromatic rings. The second kappa shape index (κ2) is 6.31. The molecule has 20 heavy (non-hydrogen) atoms. The molecule has 0 heterocycles. The van der Waals surface area contributed by atoms with Crippen LogP contribution < -0.4 is 5.32 Å². The van der Waals surface area contributed by atoms with Crippen LogP contribution in [0.5, 0.6) is 0 Å². The number of carbonyl (C=O) groups excluding carboxylic acids is 1. The van der Waals surface area contributed by atoms with E-state index in [2.05, 4.69) is 21.2 Å². The first-order valence-corrected chi connectivity index (χ1v) is 6.62. The van der Waals surface area contributed by atoms with Gasteiger partial charge in [0.2, 0.25) is 5.91 Å². The third kappa shape index (κ3) is 3.65. The minimum atomic E-state index is -0.373. The van der Waals surface area contributed by atoms with Crippen LogP contribution in [-0.2, 0) is 11.2 Å². The van der Waals surface area contributed by atoms with Gasteiger partial charge in [-0.15, -0.1) is 0 Å². The van der Waals surface area contributed by atoms with Gasteiger partial charge in [0.15, 0.2) is 0 Å². The van der Waals surface area contributed by atoms with Crippen LogP contribution in [0.15, 0.2) is 46.9 Å². The summed E-state index contributed by atoms with van der Waals surface area (Å²) in [6, 6.07) is 12.9. The molecule has 0 spiro atoms. The Morgan fingerprint density at radius 3 is 2.55 bits per heavy atom. The van der Waals surface area contributed by atoms with Gasteiger partial charge < -0.3 is 5.32 Å². The molecule has 1 N–H and O–H groups in total. The van der Waals surface area contributed by atoms with E-state index in [1.165, 1.54) is 18.2 Å². The van der Waals surface area contributed by atoms with E-state index in [1.807, 2.05) is 6.07 Å². The van der Waals surface area contributed by atoms with E-state index in [0.717, 1.165) is 5.56 Å². The van der Waals surface area contributed by atoms with Crippen molar-refractivity contribution in [2.24, 2.45) is 0 Å². The summed E-state index contributed by atoms with van der Waals surface area (Å²) in [7, 11) is 0. The second-order valence-electron chi connectivity index (χ2n) is 4.16. The molecular weight excluding hydrogens is 323 g/mol. The van der Waals surface area contributed by atoms with Crippen LogP contribution in [0.1, 0.15) is 11.1 Å². The number of anilines is 1. The minimum absolute atomic E-state index is 0.190. The third-order valence-electron chi connectivity index (χ3n) is 2.65. The number of halogens is 2. The smallest absolute Gasteiger partial charge is 0.228 e. The minimum Gasteiger partial charge on any atom is -0.325 e. The molecule has 1 amide bonds. The first-order valence-electron chi connectivity index (χ1n) is 5.82. The molecule has 0 saturated heterocycles. The summed E-state index contributed by atoms with van der Waals surface area (Å²) in [6.45, 7) is 0. The molecule has 0 bridgehead atoms. The number of nitriles is 1. The summed E-state index contributed by atoms with van der Waals surface area (Å²) in [5, 5.41) is 11.4. The SMILES string of the molecule is N#Cc1ccc(CC(=O)Nc2ccc(F)cc2Br)cc1. The zero-order chi connectivity index (χ0) is 14.5. The van der Waals surface area contributed by atoms with Gasteiger partial charge in [-0.1, -0.05) is 12.1 Å². The highest BCUT2D eigenvalue weighted by Gasteiger charge is 2.07. The predicted octanol–water partition coefficient (Wildman–Crippen LogP) is 3.64. The summed E-state index contributed by atoms with van der Waals surface area (Å²) >= 11 is 3.19. The normalized spacial score (nSPS) is 9.85. The van der Waals surface area contributed by atoms with Gasteiger partial charge in [0.05, 0.1) is 23.7 Å². The van der Waals surface area contributed by atoms with Crippen molar-refractivity contribution in [2.45, 2.75) is 6.42 Å². The molecule has 0 radical (unpaired) electrons. The second-order valence-corrected chi connectivity index (χ2v) is 5.01. The van der Waals surface area contributed by atoms with Crippen LogP contribution >= 0.6 is 15.9 Å². The molecule has 0 aliphatic heterocycles. The van der Waals surface area contributed by atoms with E-state index in [9.17, 15) is 9.18 Å². The van der Waals surface area contributed by atoms with Gasteiger partial charge in [-0.05, 0) is 51.8 Å². The highest BCUT2D eigenvalue weighted by atomic mass is 79.9. The van der Waals surface area contributed by atoms with Gasteiger partial charge in [-0.3, -0.25) is 4.79 Å². The number of amides is 1. The highest BCUT2D eigenvalue weighted by Crippen LogP contribution is 2.23. The van der Waals surface area contributed by atoms with Gasteiger partial charge >= 0.3 is 0 Å². The van der Waals surface area contributed by atoms with E-state index >= 15 is 0 Å². The van der Waals surface area contributed by atoms with Crippen molar-refractivity contribution in [3.05, 3.63) is 63.9 Å². The maximum atomic E-state index is 12.9. The van der Waals surface area contributed by atoms with E-state index in [4.69, 9.17) is 5.26 Å². The summed E-state index contributed by atoms with van der Waals surface area (Å²) < 4.78 is 13.4. The van der Waals surface area contributed by atoms with Crippen LogP contribution in [0.4, 0.5) is 10.1 Å². The van der Waals surface area contributed by atoms with Crippen molar-refractivity contribution in [1.82, 2.24) is 0 Å². The van der Waals surface area contributed by atoms with E-state index in [0.29, 0.717) is 15.7 Å². The van der Waals surface area contributed by atoms with Crippen molar-refractivity contribution in [1.29, 1.82) is 5.26 Å². The Labute approximate surface area is 124 Å². The van der Waals surface area contributed by atoms with Crippen molar-refractivity contribution < 1.29 is 9.18 Å². The average Bonchev–Trinajstić information content (AvgIpc) is 2.43. The summed E-state index contributed by atoms with van der Waals surface area (Å²) in [5.74, 6) is -0.580. The quantitative estimate of drug-likeness (QED) is 0.932. The van der Waals surface area contributed by atoms with Gasteiger partial charge in [0, 0.05) is 4.47 Å². The molecule has 3 nitrogen and oxygen atoms in total. The molecular formula is C15H10BrFN2O. The molecule has 0 aliphatic carbocycles. The standard InChI is InChI=1S/C15H10BrFN2O/c16-13-8-12(17)5-6-14(13)19-15(20)7-10-1-3-11(9-18)4-2-10/h1-6,8H,7H2,(H,19,20). The fraction of sp³-hybridized carbons (Fsp3) is 0.0667. The van der Waals surface area contributed by atoms with Crippen molar-refractivity contribution in [3.63, 3.8) is 0 Å². The van der Waals surface area contributed by atoms with Crippen LogP contribution in [0, 0.1) is 17.1 Å². The zero-order valence-corrected chi connectivity index (χ0v) is 11.9. The summed E-state index contributed by atoms with van der Waals surface area (Å²) in [4.78, 5) is 11.9. The maximum absolute atomic E-state index is 12.9. The fourth-order valence-electron chi connectivity index (χ4n) is 1.67. The average molecular weight is 333 g/mol. The van der Waals surface area contributed by atoms with Crippen molar-refractivity contribution >= 4 is 27.5 Å². The Hall–Kier alpha value is -2.19. The predicted molar refractivity (Wildman–Crippen MR) is 77.6 cm³/mol. The Bertz CT molecular complexity index is 677. The van der Waals surface area contributed by atoms with Crippen LogP contribution in [0.3, 0.4) is 0 Å². The first-order chi connectivity index (χ1) is 9.58. The molecule has 0 aromatic heterocycles. The first kappa shape index (κ1) is 14.2. The number of carbonyl (C=O) groups is 1. The molecule has 0 saturated carbocycles. The lowest BCUT2D eigenvalue weighted by atomic mass is 10.1. The Morgan fingerprint density at radius 2 is 1.95 bits per heavy atom. The Morgan fingerprint density at radius 1 is 1.25 bits per heavy atom. The lowest BCUT2D eigenvalue weighted by molar-refractivity contribution is -0.115. The van der Waals surface area contributed by atoms with Gasteiger partial charge in [0.25, 0.3) is 0 Å². The van der Waals surface area contributed by atoms with Crippen molar-refractivity contribution in [2.75, 3.05) is 5.32 Å². The highest BCUT2D eigenvalue weighted by molar-refractivity contribution is 9.10. The fourth-order valence-corrected chi connectivity index (χ4v) is 2.12. The zero-order valence-electron chi connectivity index (χ0n) is 10.4. The lowest BCUT2D eigenvalue weighted by Gasteiger charge is -2.07. The number of benzene rings is 2. The van der Waals surface area contributed by atoms with Crippen LogP contribution in [0.25, 0.3) is 0 Å².